The van der Waals surface area contributed by atoms with Crippen molar-refractivity contribution in [2.75, 3.05) is 0 Å². The van der Waals surface area contributed by atoms with Gasteiger partial charge >= 0.3 is 5.97 Å². The van der Waals surface area contributed by atoms with Crippen molar-refractivity contribution in [3.8, 4) is 34.3 Å². The lowest BCUT2D eigenvalue weighted by atomic mass is 9.96. The molecule has 11 heteroatoms. The lowest BCUT2D eigenvalue weighted by Crippen LogP contribution is -2.60. The first-order chi connectivity index (χ1) is 17.1. The predicted octanol–water partition coefficient (Wildman–Crippen LogP) is 2.13. The van der Waals surface area contributed by atoms with E-state index in [9.17, 15) is 35.1 Å². The molecule has 0 bridgehead atoms. The van der Waals surface area contributed by atoms with E-state index in [-0.39, 0.29) is 33.8 Å². The molecule has 192 valence electrons. The molecule has 1 fully saturated rings. The highest BCUT2D eigenvalue weighted by Gasteiger charge is 2.48. The highest BCUT2D eigenvalue weighted by molar-refractivity contribution is 5.88. The Morgan fingerprint density at radius 2 is 1.72 bits per heavy atom. The molecule has 1 aromatic heterocycles. The number of rotatable bonds is 6. The maximum absolute atomic E-state index is 13.5. The molecule has 1 aliphatic heterocycles. The molecule has 1 saturated heterocycles. The van der Waals surface area contributed by atoms with Gasteiger partial charge in [-0.05, 0) is 30.7 Å². The molecule has 36 heavy (non-hydrogen) atoms. The highest BCUT2D eigenvalue weighted by atomic mass is 16.7. The lowest BCUT2D eigenvalue weighted by molar-refractivity contribution is -0.278. The van der Waals surface area contributed by atoms with E-state index in [2.05, 4.69) is 0 Å². The van der Waals surface area contributed by atoms with Gasteiger partial charge in [-0.15, -0.1) is 0 Å². The molecule has 0 saturated carbocycles. The van der Waals surface area contributed by atoms with Crippen LogP contribution >= 0.6 is 0 Å². The number of benzene rings is 2. The Balaban J connectivity index is 1.88. The molecule has 2 unspecified atom stereocenters. The first kappa shape index (κ1) is 25.3. The number of carbonyl (C=O) groups is 1. The molecule has 5 atom stereocenters. The van der Waals surface area contributed by atoms with Gasteiger partial charge in [0.05, 0.1) is 6.10 Å². The number of phenols is 3. The van der Waals surface area contributed by atoms with Gasteiger partial charge in [-0.2, -0.15) is 0 Å². The van der Waals surface area contributed by atoms with E-state index in [1.165, 1.54) is 24.3 Å². The fraction of sp³-hybridized carbons (Fsp3) is 0.360. The monoisotopic (exact) mass is 502 g/mol. The number of fused-ring (bicyclic) bond motifs is 1. The van der Waals surface area contributed by atoms with Crippen LogP contribution in [0.3, 0.4) is 0 Å². The Labute approximate surface area is 204 Å². The van der Waals surface area contributed by atoms with E-state index >= 15 is 0 Å². The van der Waals surface area contributed by atoms with Crippen molar-refractivity contribution >= 4 is 16.9 Å². The van der Waals surface area contributed by atoms with E-state index in [4.69, 9.17) is 18.6 Å². The third kappa shape index (κ3) is 4.81. The summed E-state index contributed by atoms with van der Waals surface area (Å²) in [4.78, 5) is 25.2. The average Bonchev–Trinajstić information content (AvgIpc) is 2.81. The molecule has 2 aromatic carbocycles. The van der Waals surface area contributed by atoms with Crippen LogP contribution in [0.15, 0.2) is 45.6 Å². The molecule has 2 heterocycles. The zero-order chi connectivity index (χ0) is 26.1. The zero-order valence-corrected chi connectivity index (χ0v) is 19.5. The number of aliphatic hydroxyl groups excluding tert-OH is 2. The van der Waals surface area contributed by atoms with Crippen LogP contribution in [0.1, 0.15) is 26.7 Å². The van der Waals surface area contributed by atoms with Gasteiger partial charge in [0.1, 0.15) is 40.4 Å². The fourth-order valence-corrected chi connectivity index (χ4v) is 4.13. The number of aromatic hydroxyl groups is 3. The topological polar surface area (TPSA) is 176 Å². The number of hydrogen-bond acceptors (Lipinski definition) is 11. The predicted molar refractivity (Wildman–Crippen MR) is 125 cm³/mol. The summed E-state index contributed by atoms with van der Waals surface area (Å²) in [7, 11) is 0. The number of phenolic OH excluding ortho intramolecular Hbond substituents is 3. The molecule has 1 aliphatic rings. The molecule has 3 aromatic rings. The van der Waals surface area contributed by atoms with Crippen LogP contribution in [-0.2, 0) is 14.3 Å². The molecule has 5 N–H and O–H groups in total. The maximum atomic E-state index is 13.5. The maximum Gasteiger partial charge on any atom is 0.303 e. The number of ether oxygens (including phenoxy) is 3. The summed E-state index contributed by atoms with van der Waals surface area (Å²) in [5, 5.41) is 50.7. The van der Waals surface area contributed by atoms with Crippen molar-refractivity contribution in [2.24, 2.45) is 0 Å². The minimum atomic E-state index is -1.58. The second-order valence-corrected chi connectivity index (χ2v) is 8.48. The van der Waals surface area contributed by atoms with Crippen molar-refractivity contribution in [1.29, 1.82) is 0 Å². The Bertz CT molecular complexity index is 1310. The third-order valence-electron chi connectivity index (χ3n) is 5.80. The molecular weight excluding hydrogens is 476 g/mol. The standard InChI is InChI=1S/C25H26O11/c1-3-4-16-19(30)21(32)24(33-11(2)26)25(35-16)36-23-20(31)18-15(29)9-14(28)10-17(18)34-22(23)12-5-7-13(27)8-6-12/h5-10,16,19,21,24-25,27-30,32H,3-4H2,1-2H3/t16-,19?,21+,24+,25?/m0/s1. The highest BCUT2D eigenvalue weighted by Crippen LogP contribution is 2.38. The smallest absolute Gasteiger partial charge is 0.303 e. The van der Waals surface area contributed by atoms with Crippen LogP contribution in [0.4, 0.5) is 0 Å². The summed E-state index contributed by atoms with van der Waals surface area (Å²) in [5.41, 5.74) is -0.696. The molecular formula is C25H26O11. The van der Waals surface area contributed by atoms with Crippen LogP contribution in [0.25, 0.3) is 22.3 Å². The van der Waals surface area contributed by atoms with Gasteiger partial charge in [0, 0.05) is 24.6 Å². The van der Waals surface area contributed by atoms with Gasteiger partial charge < -0.3 is 44.2 Å². The van der Waals surface area contributed by atoms with Gasteiger partial charge in [-0.3, -0.25) is 9.59 Å². The van der Waals surface area contributed by atoms with Crippen molar-refractivity contribution in [2.45, 2.75) is 57.4 Å². The summed E-state index contributed by atoms with van der Waals surface area (Å²) in [6.07, 6.45) is -5.96. The Kier molecular flexibility index (Phi) is 7.07. The summed E-state index contributed by atoms with van der Waals surface area (Å²) < 4.78 is 22.7. The molecule has 11 nitrogen and oxygen atoms in total. The van der Waals surface area contributed by atoms with E-state index in [0.717, 1.165) is 19.1 Å². The Morgan fingerprint density at radius 3 is 2.36 bits per heavy atom. The van der Waals surface area contributed by atoms with E-state index < -0.39 is 53.6 Å². The summed E-state index contributed by atoms with van der Waals surface area (Å²) >= 11 is 0. The number of esters is 1. The molecule has 0 radical (unpaired) electrons. The molecule has 4 rings (SSSR count). The SMILES string of the molecule is CCC[C@@H]1OC(Oc2c(-c3ccc(O)cc3)oc3cc(O)cc(O)c3c2=O)[C@H](OC(C)=O)[C@H](O)C1O. The first-order valence-corrected chi connectivity index (χ1v) is 11.3. The largest absolute Gasteiger partial charge is 0.508 e. The van der Waals surface area contributed by atoms with Crippen LogP contribution in [0, 0.1) is 0 Å². The van der Waals surface area contributed by atoms with Gasteiger partial charge in [0.25, 0.3) is 0 Å². The van der Waals surface area contributed by atoms with E-state index in [0.29, 0.717) is 12.8 Å². The van der Waals surface area contributed by atoms with Gasteiger partial charge in [-0.1, -0.05) is 13.3 Å². The van der Waals surface area contributed by atoms with E-state index in [1.807, 2.05) is 6.92 Å². The summed E-state index contributed by atoms with van der Waals surface area (Å²) in [5.74, 6) is -2.34. The van der Waals surface area contributed by atoms with Gasteiger partial charge in [0.2, 0.25) is 17.5 Å². The number of aliphatic hydroxyl groups is 2. The number of hydrogen-bond donors (Lipinski definition) is 5. The van der Waals surface area contributed by atoms with Gasteiger partial charge in [-0.25, -0.2) is 0 Å². The third-order valence-corrected chi connectivity index (χ3v) is 5.80. The van der Waals surface area contributed by atoms with Crippen molar-refractivity contribution in [1.82, 2.24) is 0 Å². The van der Waals surface area contributed by atoms with Crippen molar-refractivity contribution in [3.05, 3.63) is 46.6 Å². The van der Waals surface area contributed by atoms with Gasteiger partial charge in [0.15, 0.2) is 11.9 Å². The average molecular weight is 502 g/mol. The quantitative estimate of drug-likeness (QED) is 0.312. The Hall–Kier alpha value is -3.80. The lowest BCUT2D eigenvalue weighted by Gasteiger charge is -2.41. The first-order valence-electron chi connectivity index (χ1n) is 11.3. The summed E-state index contributed by atoms with van der Waals surface area (Å²) in [6.45, 7) is 2.95. The minimum Gasteiger partial charge on any atom is -0.508 e. The minimum absolute atomic E-state index is 0.0512. The fourth-order valence-electron chi connectivity index (χ4n) is 4.13. The molecule has 0 spiro atoms. The number of carbonyl (C=O) groups excluding carboxylic acids is 1. The van der Waals surface area contributed by atoms with Crippen LogP contribution in [0.5, 0.6) is 23.0 Å². The summed E-state index contributed by atoms with van der Waals surface area (Å²) in [6, 6.07) is 7.68. The van der Waals surface area contributed by atoms with Crippen LogP contribution in [-0.4, -0.2) is 62.2 Å². The molecule has 0 amide bonds. The van der Waals surface area contributed by atoms with Crippen LogP contribution < -0.4 is 10.2 Å². The second kappa shape index (κ2) is 10.1. The Morgan fingerprint density at radius 1 is 1.03 bits per heavy atom. The molecule has 0 aliphatic carbocycles. The second-order valence-electron chi connectivity index (χ2n) is 8.48. The van der Waals surface area contributed by atoms with E-state index in [1.54, 1.807) is 0 Å². The normalized spacial score (nSPS) is 23.9. The van der Waals surface area contributed by atoms with Crippen molar-refractivity contribution in [3.63, 3.8) is 0 Å². The zero-order valence-electron chi connectivity index (χ0n) is 19.5. The van der Waals surface area contributed by atoms with Crippen LogP contribution in [0.2, 0.25) is 0 Å². The van der Waals surface area contributed by atoms with Crippen molar-refractivity contribution < 1.29 is 49.0 Å².